The van der Waals surface area contributed by atoms with Gasteiger partial charge in [0.2, 0.25) is 0 Å². The molecule has 1 saturated heterocycles. The molecular weight excluding hydrogens is 390 g/mol. The van der Waals surface area contributed by atoms with E-state index in [1.54, 1.807) is 25.7 Å². The molecule has 0 bridgehead atoms. The van der Waals surface area contributed by atoms with E-state index in [1.807, 2.05) is 35.2 Å². The van der Waals surface area contributed by atoms with Crippen molar-refractivity contribution < 1.29 is 28.6 Å². The van der Waals surface area contributed by atoms with Gasteiger partial charge in [-0.15, -0.1) is 0 Å². The second-order valence-corrected chi connectivity index (χ2v) is 8.05. The Morgan fingerprint density at radius 2 is 1.70 bits per heavy atom. The number of carbonyl (C=O) groups excluding carboxylic acids is 3. The maximum absolute atomic E-state index is 12.3. The lowest BCUT2D eigenvalue weighted by atomic mass is 10.2. The van der Waals surface area contributed by atoms with Crippen molar-refractivity contribution in [2.75, 3.05) is 39.8 Å². The molecule has 1 aliphatic heterocycles. The standard InChI is InChI=1S/C21H31N3O6/c1-21(2,3)30-19(26)22-17(18(25)28-4)14-23-10-12-24(13-11-23)20(27)29-15-16-8-6-5-7-9-16/h5-9,17H,10-15H2,1-4H3,(H,22,26). The molecule has 2 rings (SSSR count). The lowest BCUT2D eigenvalue weighted by Crippen LogP contribution is -2.55. The number of rotatable bonds is 6. The smallest absolute Gasteiger partial charge is 0.410 e. The molecule has 0 spiro atoms. The molecule has 166 valence electrons. The lowest BCUT2D eigenvalue weighted by Gasteiger charge is -2.35. The van der Waals surface area contributed by atoms with Crippen LogP contribution >= 0.6 is 0 Å². The molecule has 0 saturated carbocycles. The van der Waals surface area contributed by atoms with E-state index in [0.717, 1.165) is 5.56 Å². The number of nitrogens with one attached hydrogen (secondary N) is 1. The minimum atomic E-state index is -0.860. The summed E-state index contributed by atoms with van der Waals surface area (Å²) >= 11 is 0. The first-order valence-electron chi connectivity index (χ1n) is 9.93. The van der Waals surface area contributed by atoms with Crippen molar-refractivity contribution in [2.45, 2.75) is 39.0 Å². The normalized spacial score (nSPS) is 15.8. The Morgan fingerprint density at radius 1 is 1.07 bits per heavy atom. The van der Waals surface area contributed by atoms with Gasteiger partial charge in [0.25, 0.3) is 0 Å². The SMILES string of the molecule is COC(=O)C(CN1CCN(C(=O)OCc2ccccc2)CC1)NC(=O)OC(C)(C)C. The summed E-state index contributed by atoms with van der Waals surface area (Å²) in [7, 11) is 1.27. The van der Waals surface area contributed by atoms with Crippen molar-refractivity contribution in [1.29, 1.82) is 0 Å². The fourth-order valence-corrected chi connectivity index (χ4v) is 2.95. The van der Waals surface area contributed by atoms with Crippen LogP contribution in [-0.4, -0.2) is 79.4 Å². The van der Waals surface area contributed by atoms with Gasteiger partial charge in [-0.25, -0.2) is 14.4 Å². The molecular formula is C21H31N3O6. The van der Waals surface area contributed by atoms with Crippen LogP contribution in [0.25, 0.3) is 0 Å². The predicted molar refractivity (Wildman–Crippen MR) is 110 cm³/mol. The van der Waals surface area contributed by atoms with Crippen LogP contribution in [0.2, 0.25) is 0 Å². The first-order chi connectivity index (χ1) is 14.2. The van der Waals surface area contributed by atoms with E-state index in [1.165, 1.54) is 7.11 Å². The monoisotopic (exact) mass is 421 g/mol. The third-order valence-corrected chi connectivity index (χ3v) is 4.45. The van der Waals surface area contributed by atoms with Crippen LogP contribution in [0.5, 0.6) is 0 Å². The van der Waals surface area contributed by atoms with Crippen molar-refractivity contribution in [3.63, 3.8) is 0 Å². The van der Waals surface area contributed by atoms with Crippen molar-refractivity contribution in [3.8, 4) is 0 Å². The van der Waals surface area contributed by atoms with Crippen molar-refractivity contribution in [3.05, 3.63) is 35.9 Å². The van der Waals surface area contributed by atoms with Crippen molar-refractivity contribution >= 4 is 18.2 Å². The number of alkyl carbamates (subject to hydrolysis) is 1. The third kappa shape index (κ3) is 7.90. The van der Waals surface area contributed by atoms with Gasteiger partial charge in [-0.05, 0) is 26.3 Å². The van der Waals surface area contributed by atoms with Crippen LogP contribution in [0.1, 0.15) is 26.3 Å². The number of amides is 2. The maximum Gasteiger partial charge on any atom is 0.410 e. The molecule has 0 radical (unpaired) electrons. The number of hydrogen-bond donors (Lipinski definition) is 1. The molecule has 1 unspecified atom stereocenters. The molecule has 1 aromatic carbocycles. The average Bonchev–Trinajstić information content (AvgIpc) is 2.71. The molecule has 9 heteroatoms. The van der Waals surface area contributed by atoms with Gasteiger partial charge in [-0.3, -0.25) is 4.90 Å². The maximum atomic E-state index is 12.3. The van der Waals surface area contributed by atoms with Crippen molar-refractivity contribution in [1.82, 2.24) is 15.1 Å². The molecule has 9 nitrogen and oxygen atoms in total. The van der Waals surface area contributed by atoms with Crippen molar-refractivity contribution in [2.24, 2.45) is 0 Å². The minimum Gasteiger partial charge on any atom is -0.467 e. The van der Waals surface area contributed by atoms with Crippen LogP contribution in [-0.2, 0) is 25.6 Å². The Morgan fingerprint density at radius 3 is 2.27 bits per heavy atom. The Bertz CT molecular complexity index is 711. The van der Waals surface area contributed by atoms with Crippen LogP contribution < -0.4 is 5.32 Å². The Kier molecular flexibility index (Phi) is 8.46. The summed E-state index contributed by atoms with van der Waals surface area (Å²) in [6, 6.07) is 8.63. The molecule has 1 atom stereocenters. The highest BCUT2D eigenvalue weighted by atomic mass is 16.6. The van der Waals surface area contributed by atoms with Crippen LogP contribution in [0.4, 0.5) is 9.59 Å². The van der Waals surface area contributed by atoms with E-state index in [4.69, 9.17) is 14.2 Å². The highest BCUT2D eigenvalue weighted by Crippen LogP contribution is 2.10. The van der Waals surface area contributed by atoms with E-state index >= 15 is 0 Å². The summed E-state index contributed by atoms with van der Waals surface area (Å²) in [5.41, 5.74) is 0.259. The van der Waals surface area contributed by atoms with Gasteiger partial charge in [0.15, 0.2) is 0 Å². The summed E-state index contributed by atoms with van der Waals surface area (Å²) in [5, 5.41) is 2.56. The zero-order valence-electron chi connectivity index (χ0n) is 18.1. The predicted octanol–water partition coefficient (Wildman–Crippen LogP) is 2.01. The molecule has 2 amide bonds. The van der Waals surface area contributed by atoms with Crippen LogP contribution in [0.15, 0.2) is 30.3 Å². The number of methoxy groups -OCH3 is 1. The van der Waals surface area contributed by atoms with Crippen LogP contribution in [0.3, 0.4) is 0 Å². The summed E-state index contributed by atoms with van der Waals surface area (Å²) in [5.74, 6) is -0.550. The Labute approximate surface area is 177 Å². The number of benzene rings is 1. The molecule has 1 fully saturated rings. The molecule has 1 aromatic rings. The van der Waals surface area contributed by atoms with E-state index in [2.05, 4.69) is 5.32 Å². The average molecular weight is 421 g/mol. The van der Waals surface area contributed by atoms with E-state index in [9.17, 15) is 14.4 Å². The van der Waals surface area contributed by atoms with Gasteiger partial charge in [0, 0.05) is 32.7 Å². The van der Waals surface area contributed by atoms with E-state index in [-0.39, 0.29) is 19.2 Å². The van der Waals surface area contributed by atoms with E-state index < -0.39 is 23.7 Å². The fraction of sp³-hybridized carbons (Fsp3) is 0.571. The number of piperazine rings is 1. The summed E-state index contributed by atoms with van der Waals surface area (Å²) < 4.78 is 15.4. The molecule has 1 heterocycles. The number of esters is 1. The number of hydrogen-bond acceptors (Lipinski definition) is 7. The molecule has 0 aliphatic carbocycles. The van der Waals surface area contributed by atoms with Gasteiger partial charge in [0.05, 0.1) is 7.11 Å². The van der Waals surface area contributed by atoms with Gasteiger partial charge in [0.1, 0.15) is 18.2 Å². The van der Waals surface area contributed by atoms with Gasteiger partial charge < -0.3 is 24.4 Å². The third-order valence-electron chi connectivity index (χ3n) is 4.45. The minimum absolute atomic E-state index is 0.226. The molecule has 1 aliphatic rings. The fourth-order valence-electron chi connectivity index (χ4n) is 2.95. The van der Waals surface area contributed by atoms with E-state index in [0.29, 0.717) is 26.2 Å². The molecule has 0 aromatic heterocycles. The number of nitrogens with zero attached hydrogens (tertiary/aromatic N) is 2. The molecule has 30 heavy (non-hydrogen) atoms. The second-order valence-electron chi connectivity index (χ2n) is 8.05. The Balaban J connectivity index is 1.80. The number of carbonyl (C=O) groups is 3. The zero-order chi connectivity index (χ0) is 22.1. The van der Waals surface area contributed by atoms with Gasteiger partial charge in [-0.1, -0.05) is 30.3 Å². The Hall–Kier alpha value is -2.81. The highest BCUT2D eigenvalue weighted by Gasteiger charge is 2.29. The molecule has 1 N–H and O–H groups in total. The largest absolute Gasteiger partial charge is 0.467 e. The highest BCUT2D eigenvalue weighted by molar-refractivity contribution is 5.81. The van der Waals surface area contributed by atoms with Gasteiger partial charge in [-0.2, -0.15) is 0 Å². The summed E-state index contributed by atoms with van der Waals surface area (Å²) in [4.78, 5) is 40.0. The number of ether oxygens (including phenoxy) is 3. The summed E-state index contributed by atoms with van der Waals surface area (Å²) in [6.07, 6.45) is -1.05. The summed E-state index contributed by atoms with van der Waals surface area (Å²) in [6.45, 7) is 7.75. The first kappa shape index (κ1) is 23.5. The zero-order valence-corrected chi connectivity index (χ0v) is 18.1. The second kappa shape index (κ2) is 10.8. The topological polar surface area (TPSA) is 97.4 Å². The quantitative estimate of drug-likeness (QED) is 0.554. The first-order valence-corrected chi connectivity index (χ1v) is 9.93. The van der Waals surface area contributed by atoms with Gasteiger partial charge >= 0.3 is 18.2 Å². The lowest BCUT2D eigenvalue weighted by molar-refractivity contribution is -0.143. The van der Waals surface area contributed by atoms with Crippen LogP contribution in [0, 0.1) is 0 Å².